The van der Waals surface area contributed by atoms with Crippen LogP contribution in [0.3, 0.4) is 0 Å². The zero-order valence-corrected chi connectivity index (χ0v) is 16.1. The number of carbonyl (C=O) groups is 1. The topological polar surface area (TPSA) is 56.1 Å². The van der Waals surface area contributed by atoms with E-state index in [4.69, 9.17) is 4.74 Å². The first kappa shape index (κ1) is 18.0. The summed E-state index contributed by atoms with van der Waals surface area (Å²) < 4.78 is 7.44. The van der Waals surface area contributed by atoms with E-state index in [-0.39, 0.29) is 11.9 Å². The third-order valence-corrected chi connectivity index (χ3v) is 5.07. The van der Waals surface area contributed by atoms with E-state index in [1.807, 2.05) is 54.1 Å². The van der Waals surface area contributed by atoms with Crippen LogP contribution < -0.4 is 10.1 Å². The molecule has 142 valence electrons. The van der Waals surface area contributed by atoms with Gasteiger partial charge in [-0.1, -0.05) is 30.3 Å². The summed E-state index contributed by atoms with van der Waals surface area (Å²) >= 11 is 0. The summed E-state index contributed by atoms with van der Waals surface area (Å²) in [6, 6.07) is 14.2. The fourth-order valence-corrected chi connectivity index (χ4v) is 3.66. The number of amides is 1. The van der Waals surface area contributed by atoms with Gasteiger partial charge in [-0.05, 0) is 54.7 Å². The van der Waals surface area contributed by atoms with Gasteiger partial charge in [-0.3, -0.25) is 4.79 Å². The summed E-state index contributed by atoms with van der Waals surface area (Å²) in [5.74, 6) is 0.639. The number of hydrogen-bond acceptors (Lipinski definition) is 3. The largest absolute Gasteiger partial charge is 0.495 e. The number of methoxy groups -OCH3 is 1. The lowest BCUT2D eigenvalue weighted by Gasteiger charge is -2.12. The van der Waals surface area contributed by atoms with Crippen molar-refractivity contribution in [1.82, 2.24) is 14.9 Å². The first-order chi connectivity index (χ1) is 13.6. The highest BCUT2D eigenvalue weighted by Crippen LogP contribution is 2.30. The molecule has 0 bridgehead atoms. The Morgan fingerprint density at radius 3 is 2.93 bits per heavy atom. The number of benzene rings is 2. The molecular formula is C23H23N3O2. The van der Waals surface area contributed by atoms with Gasteiger partial charge in [0.1, 0.15) is 5.75 Å². The number of nitrogens with one attached hydrogen (secondary N) is 1. The first-order valence-electron chi connectivity index (χ1n) is 9.39. The van der Waals surface area contributed by atoms with Gasteiger partial charge in [0.25, 0.3) is 0 Å². The van der Waals surface area contributed by atoms with E-state index in [0.717, 1.165) is 35.5 Å². The van der Waals surface area contributed by atoms with E-state index in [9.17, 15) is 4.79 Å². The molecule has 0 aliphatic heterocycles. The van der Waals surface area contributed by atoms with Crippen LogP contribution in [0.2, 0.25) is 0 Å². The van der Waals surface area contributed by atoms with E-state index in [0.29, 0.717) is 0 Å². The molecule has 1 aliphatic rings. The van der Waals surface area contributed by atoms with Gasteiger partial charge in [0.2, 0.25) is 5.91 Å². The maximum Gasteiger partial charge on any atom is 0.244 e. The smallest absolute Gasteiger partial charge is 0.244 e. The number of carbonyl (C=O) groups excluding carboxylic acids is 1. The Balaban J connectivity index is 1.46. The summed E-state index contributed by atoms with van der Waals surface area (Å²) in [7, 11) is 1.64. The predicted molar refractivity (Wildman–Crippen MR) is 110 cm³/mol. The minimum atomic E-state index is -0.0880. The molecule has 1 aliphatic carbocycles. The molecule has 1 N–H and O–H groups in total. The van der Waals surface area contributed by atoms with E-state index >= 15 is 0 Å². The Kier molecular flexibility index (Phi) is 4.98. The van der Waals surface area contributed by atoms with Crippen molar-refractivity contribution >= 4 is 12.0 Å². The Labute approximate surface area is 164 Å². The van der Waals surface area contributed by atoms with Crippen LogP contribution in [-0.2, 0) is 11.2 Å². The summed E-state index contributed by atoms with van der Waals surface area (Å²) in [5, 5.41) is 3.10. The predicted octanol–water partition coefficient (Wildman–Crippen LogP) is 4.01. The fraction of sp³-hybridized carbons (Fsp3) is 0.217. The number of fused-ring (bicyclic) bond motifs is 1. The van der Waals surface area contributed by atoms with Gasteiger partial charge >= 0.3 is 0 Å². The standard InChI is InChI=1S/C23H23N3O2/c1-16-14-26(15-24-16)21-11-7-17(13-22(21)28-2)8-12-23(27)25-20-10-9-18-5-3-4-6-19(18)20/h3-8,11-15,20H,9-10H2,1-2H3,(H,25,27). The molecule has 0 radical (unpaired) electrons. The maximum atomic E-state index is 12.4. The van der Waals surface area contributed by atoms with Crippen molar-refractivity contribution < 1.29 is 9.53 Å². The highest BCUT2D eigenvalue weighted by molar-refractivity contribution is 5.92. The number of aromatic nitrogens is 2. The van der Waals surface area contributed by atoms with Crippen LogP contribution in [0.25, 0.3) is 11.8 Å². The second-order valence-electron chi connectivity index (χ2n) is 6.99. The zero-order valence-electron chi connectivity index (χ0n) is 16.1. The van der Waals surface area contributed by atoms with Crippen molar-refractivity contribution in [1.29, 1.82) is 0 Å². The van der Waals surface area contributed by atoms with Crippen molar-refractivity contribution in [2.24, 2.45) is 0 Å². The van der Waals surface area contributed by atoms with Crippen LogP contribution in [0, 0.1) is 6.92 Å². The van der Waals surface area contributed by atoms with Crippen LogP contribution in [0.15, 0.2) is 61.1 Å². The minimum Gasteiger partial charge on any atom is -0.495 e. The van der Waals surface area contributed by atoms with Crippen molar-refractivity contribution in [3.05, 3.63) is 83.4 Å². The molecule has 1 heterocycles. The van der Waals surface area contributed by atoms with Crippen molar-refractivity contribution in [3.63, 3.8) is 0 Å². The van der Waals surface area contributed by atoms with Gasteiger partial charge in [-0.15, -0.1) is 0 Å². The molecule has 1 aromatic heterocycles. The van der Waals surface area contributed by atoms with Crippen molar-refractivity contribution in [2.45, 2.75) is 25.8 Å². The molecule has 1 atom stereocenters. The Bertz CT molecular complexity index is 1040. The lowest BCUT2D eigenvalue weighted by Crippen LogP contribution is -2.25. The van der Waals surface area contributed by atoms with Crippen molar-refractivity contribution in [3.8, 4) is 11.4 Å². The minimum absolute atomic E-state index is 0.0880. The quantitative estimate of drug-likeness (QED) is 0.688. The lowest BCUT2D eigenvalue weighted by atomic mass is 10.1. The summed E-state index contributed by atoms with van der Waals surface area (Å²) in [6.45, 7) is 1.95. The number of ether oxygens (including phenoxy) is 1. The third kappa shape index (κ3) is 3.69. The lowest BCUT2D eigenvalue weighted by molar-refractivity contribution is -0.117. The molecule has 0 spiro atoms. The number of nitrogens with zero attached hydrogens (tertiary/aromatic N) is 2. The highest BCUT2D eigenvalue weighted by Gasteiger charge is 2.22. The van der Waals surface area contributed by atoms with Crippen LogP contribution in [0.5, 0.6) is 5.75 Å². The fourth-order valence-electron chi connectivity index (χ4n) is 3.66. The van der Waals surface area contributed by atoms with E-state index in [1.54, 1.807) is 19.5 Å². The molecule has 1 amide bonds. The van der Waals surface area contributed by atoms with Gasteiger partial charge in [0.15, 0.2) is 0 Å². The normalized spacial score (nSPS) is 15.6. The average Bonchev–Trinajstić information content (AvgIpc) is 3.33. The van der Waals surface area contributed by atoms with Gasteiger partial charge < -0.3 is 14.6 Å². The molecule has 0 saturated carbocycles. The van der Waals surface area contributed by atoms with Gasteiger partial charge in [-0.2, -0.15) is 0 Å². The molecule has 28 heavy (non-hydrogen) atoms. The number of hydrogen-bond donors (Lipinski definition) is 1. The average molecular weight is 373 g/mol. The van der Waals surface area contributed by atoms with Gasteiger partial charge in [0, 0.05) is 12.3 Å². The van der Waals surface area contributed by atoms with Crippen molar-refractivity contribution in [2.75, 3.05) is 7.11 Å². The molecule has 3 aromatic rings. The second-order valence-corrected chi connectivity index (χ2v) is 6.99. The van der Waals surface area contributed by atoms with Crippen LogP contribution in [-0.4, -0.2) is 22.6 Å². The molecule has 1 unspecified atom stereocenters. The SMILES string of the molecule is COc1cc(C=CC(=O)NC2CCc3ccccc32)ccc1-n1cnc(C)c1. The molecule has 5 nitrogen and oxygen atoms in total. The summed E-state index contributed by atoms with van der Waals surface area (Å²) in [5.41, 5.74) is 5.31. The molecule has 4 rings (SSSR count). The summed E-state index contributed by atoms with van der Waals surface area (Å²) in [4.78, 5) is 16.6. The van der Waals surface area contributed by atoms with Gasteiger partial charge in [-0.25, -0.2) is 4.98 Å². The van der Waals surface area contributed by atoms with E-state index < -0.39 is 0 Å². The highest BCUT2D eigenvalue weighted by atomic mass is 16.5. The Hall–Kier alpha value is -3.34. The maximum absolute atomic E-state index is 12.4. The second kappa shape index (κ2) is 7.72. The molecule has 2 aromatic carbocycles. The summed E-state index contributed by atoms with van der Waals surface area (Å²) in [6.07, 6.45) is 9.05. The third-order valence-electron chi connectivity index (χ3n) is 5.07. The number of aryl methyl sites for hydroxylation is 2. The van der Waals surface area contributed by atoms with E-state index in [1.165, 1.54) is 11.1 Å². The first-order valence-corrected chi connectivity index (χ1v) is 9.39. The monoisotopic (exact) mass is 373 g/mol. The number of rotatable bonds is 5. The van der Waals surface area contributed by atoms with Crippen LogP contribution in [0.4, 0.5) is 0 Å². The molecule has 0 saturated heterocycles. The van der Waals surface area contributed by atoms with Crippen LogP contribution in [0.1, 0.15) is 34.8 Å². The molecular weight excluding hydrogens is 350 g/mol. The van der Waals surface area contributed by atoms with Gasteiger partial charge in [0.05, 0.1) is 30.9 Å². The Morgan fingerprint density at radius 2 is 2.14 bits per heavy atom. The Morgan fingerprint density at radius 1 is 1.29 bits per heavy atom. The molecule has 5 heteroatoms. The van der Waals surface area contributed by atoms with E-state index in [2.05, 4.69) is 22.4 Å². The zero-order chi connectivity index (χ0) is 19.5. The molecule has 0 fully saturated rings. The van der Waals surface area contributed by atoms with Crippen LogP contribution >= 0.6 is 0 Å². The number of imidazole rings is 1.